The first-order valence-electron chi connectivity index (χ1n) is 7.16. The molecule has 106 valence electrons. The van der Waals surface area contributed by atoms with E-state index in [-0.39, 0.29) is 5.91 Å². The summed E-state index contributed by atoms with van der Waals surface area (Å²) in [5.41, 5.74) is -0.120. The monoisotopic (exact) mass is 273 g/mol. The van der Waals surface area contributed by atoms with Gasteiger partial charge < -0.3 is 5.32 Å². The molecule has 0 bridgehead atoms. The quantitative estimate of drug-likeness (QED) is 0.729. The molecular weight excluding hydrogens is 246 g/mol. The van der Waals surface area contributed by atoms with Crippen LogP contribution in [0.3, 0.4) is 0 Å². The van der Waals surface area contributed by atoms with Crippen molar-refractivity contribution < 1.29 is 4.79 Å². The van der Waals surface area contributed by atoms with Crippen molar-refractivity contribution in [3.05, 3.63) is 0 Å². The zero-order chi connectivity index (χ0) is 13.8. The van der Waals surface area contributed by atoms with Gasteiger partial charge in [0, 0.05) is 12.4 Å². The molecule has 0 saturated heterocycles. The third-order valence-corrected chi connectivity index (χ3v) is 4.75. The number of carbonyl (C=O) groups excluding carboxylic acids is 1. The van der Waals surface area contributed by atoms with E-state index in [4.69, 9.17) is 11.6 Å². The summed E-state index contributed by atoms with van der Waals surface area (Å²) in [4.78, 5) is 12.1. The maximum absolute atomic E-state index is 12.1. The Labute approximate surface area is 117 Å². The molecule has 3 heteroatoms. The van der Waals surface area contributed by atoms with Gasteiger partial charge in [-0.05, 0) is 44.4 Å². The maximum atomic E-state index is 12.1. The molecule has 2 nitrogen and oxygen atoms in total. The van der Waals surface area contributed by atoms with Crippen molar-refractivity contribution in [1.29, 1.82) is 0 Å². The zero-order valence-corrected chi connectivity index (χ0v) is 13.1. The van der Waals surface area contributed by atoms with Crippen LogP contribution in [0.1, 0.15) is 59.8 Å². The highest BCUT2D eigenvalue weighted by molar-refractivity contribution is 6.19. The molecule has 1 aliphatic rings. The summed E-state index contributed by atoms with van der Waals surface area (Å²) in [6.07, 6.45) is 6.34. The predicted molar refractivity (Wildman–Crippen MR) is 77.9 cm³/mol. The number of carbonyl (C=O) groups is 1. The minimum atomic E-state index is -0.459. The molecule has 1 N–H and O–H groups in total. The topological polar surface area (TPSA) is 29.1 Å². The van der Waals surface area contributed by atoms with Gasteiger partial charge in [-0.15, -0.1) is 11.6 Å². The Kier molecular flexibility index (Phi) is 5.51. The Balaban J connectivity index is 2.56. The third kappa shape index (κ3) is 4.15. The van der Waals surface area contributed by atoms with E-state index < -0.39 is 5.41 Å². The van der Waals surface area contributed by atoms with Gasteiger partial charge in [0.2, 0.25) is 5.91 Å². The van der Waals surface area contributed by atoms with Gasteiger partial charge >= 0.3 is 0 Å². The lowest BCUT2D eigenvalue weighted by Crippen LogP contribution is -2.43. The highest BCUT2D eigenvalue weighted by atomic mass is 35.5. The first-order valence-corrected chi connectivity index (χ1v) is 7.69. The van der Waals surface area contributed by atoms with Crippen molar-refractivity contribution in [2.75, 3.05) is 12.4 Å². The Morgan fingerprint density at radius 2 is 1.89 bits per heavy atom. The van der Waals surface area contributed by atoms with Gasteiger partial charge in [-0.25, -0.2) is 0 Å². The van der Waals surface area contributed by atoms with Crippen LogP contribution in [0, 0.1) is 16.7 Å². The van der Waals surface area contributed by atoms with Gasteiger partial charge in [-0.2, -0.15) is 0 Å². The standard InChI is InChI=1S/C15H28ClNO/c1-12(2)9-15(7-5-6-8-15)11-17-13(18)14(3,4)10-16/h12H,5-11H2,1-4H3,(H,17,18). The summed E-state index contributed by atoms with van der Waals surface area (Å²) in [5, 5.41) is 3.14. The van der Waals surface area contributed by atoms with Crippen molar-refractivity contribution in [3.8, 4) is 0 Å². The molecule has 0 atom stereocenters. The highest BCUT2D eigenvalue weighted by Crippen LogP contribution is 2.42. The van der Waals surface area contributed by atoms with E-state index in [9.17, 15) is 4.79 Å². The van der Waals surface area contributed by atoms with E-state index in [1.54, 1.807) is 0 Å². The van der Waals surface area contributed by atoms with E-state index in [1.165, 1.54) is 32.1 Å². The number of hydrogen-bond acceptors (Lipinski definition) is 1. The van der Waals surface area contributed by atoms with Crippen molar-refractivity contribution in [2.24, 2.45) is 16.7 Å². The SMILES string of the molecule is CC(C)CC1(CNC(=O)C(C)(C)CCl)CCCC1. The number of rotatable bonds is 6. The lowest BCUT2D eigenvalue weighted by Gasteiger charge is -2.32. The van der Waals surface area contributed by atoms with Crippen LogP contribution in [0.2, 0.25) is 0 Å². The van der Waals surface area contributed by atoms with Crippen LogP contribution in [0.4, 0.5) is 0 Å². The number of alkyl halides is 1. The van der Waals surface area contributed by atoms with Crippen molar-refractivity contribution in [2.45, 2.75) is 59.8 Å². The first kappa shape index (κ1) is 15.8. The third-order valence-electron chi connectivity index (χ3n) is 4.08. The van der Waals surface area contributed by atoms with Gasteiger partial charge in [-0.3, -0.25) is 4.79 Å². The summed E-state index contributed by atoms with van der Waals surface area (Å²) in [6, 6.07) is 0. The Morgan fingerprint density at radius 3 is 2.33 bits per heavy atom. The Morgan fingerprint density at radius 1 is 1.33 bits per heavy atom. The van der Waals surface area contributed by atoms with Crippen LogP contribution in [0.15, 0.2) is 0 Å². The van der Waals surface area contributed by atoms with Crippen LogP contribution in [0.25, 0.3) is 0 Å². The average Bonchev–Trinajstić information content (AvgIpc) is 2.74. The number of halogens is 1. The van der Waals surface area contributed by atoms with Crippen LogP contribution in [0.5, 0.6) is 0 Å². The fourth-order valence-electron chi connectivity index (χ4n) is 3.01. The second-order valence-corrected chi connectivity index (χ2v) is 7.27. The molecule has 1 fully saturated rings. The summed E-state index contributed by atoms with van der Waals surface area (Å²) >= 11 is 5.84. The average molecular weight is 274 g/mol. The predicted octanol–water partition coefficient (Wildman–Crippen LogP) is 3.97. The molecule has 0 aromatic carbocycles. The van der Waals surface area contributed by atoms with Gasteiger partial charge in [0.1, 0.15) is 0 Å². The van der Waals surface area contributed by atoms with Crippen molar-refractivity contribution in [1.82, 2.24) is 5.32 Å². The molecular formula is C15H28ClNO. The first-order chi connectivity index (χ1) is 8.31. The van der Waals surface area contributed by atoms with Gasteiger partial charge in [-0.1, -0.05) is 26.7 Å². The Hall–Kier alpha value is -0.240. The smallest absolute Gasteiger partial charge is 0.226 e. The van der Waals surface area contributed by atoms with Gasteiger partial charge in [0.15, 0.2) is 0 Å². The lowest BCUT2D eigenvalue weighted by molar-refractivity contribution is -0.128. The summed E-state index contributed by atoms with van der Waals surface area (Å²) in [7, 11) is 0. The van der Waals surface area contributed by atoms with Crippen LogP contribution >= 0.6 is 11.6 Å². The summed E-state index contributed by atoms with van der Waals surface area (Å²) < 4.78 is 0. The summed E-state index contributed by atoms with van der Waals surface area (Å²) in [6.45, 7) is 9.16. The minimum absolute atomic E-state index is 0.0903. The van der Waals surface area contributed by atoms with E-state index in [1.807, 2.05) is 13.8 Å². The molecule has 1 aliphatic carbocycles. The maximum Gasteiger partial charge on any atom is 0.226 e. The molecule has 0 aromatic heterocycles. The fourth-order valence-corrected chi connectivity index (χ4v) is 3.13. The molecule has 0 aliphatic heterocycles. The molecule has 1 saturated carbocycles. The second-order valence-electron chi connectivity index (χ2n) is 7.01. The van der Waals surface area contributed by atoms with Crippen LogP contribution < -0.4 is 5.32 Å². The fraction of sp³-hybridized carbons (Fsp3) is 0.933. The van der Waals surface area contributed by atoms with Gasteiger partial charge in [0.05, 0.1) is 5.41 Å². The summed E-state index contributed by atoms with van der Waals surface area (Å²) in [5.74, 6) is 1.16. The van der Waals surface area contributed by atoms with E-state index >= 15 is 0 Å². The molecule has 0 unspecified atom stereocenters. The number of amides is 1. The molecule has 1 amide bonds. The number of nitrogens with one attached hydrogen (secondary N) is 1. The largest absolute Gasteiger partial charge is 0.355 e. The van der Waals surface area contributed by atoms with Crippen LogP contribution in [-0.4, -0.2) is 18.3 Å². The molecule has 0 radical (unpaired) electrons. The van der Waals surface area contributed by atoms with Gasteiger partial charge in [0.25, 0.3) is 0 Å². The molecule has 0 aromatic rings. The molecule has 1 rings (SSSR count). The molecule has 18 heavy (non-hydrogen) atoms. The lowest BCUT2D eigenvalue weighted by atomic mass is 9.78. The Bertz CT molecular complexity index is 280. The zero-order valence-electron chi connectivity index (χ0n) is 12.3. The van der Waals surface area contributed by atoms with E-state index in [0.717, 1.165) is 6.54 Å². The molecule has 0 heterocycles. The van der Waals surface area contributed by atoms with E-state index in [2.05, 4.69) is 19.2 Å². The number of hydrogen-bond donors (Lipinski definition) is 1. The van der Waals surface area contributed by atoms with Crippen molar-refractivity contribution >= 4 is 17.5 Å². The second kappa shape index (κ2) is 6.27. The minimum Gasteiger partial charge on any atom is -0.355 e. The normalized spacial score (nSPS) is 19.2. The molecule has 0 spiro atoms. The highest BCUT2D eigenvalue weighted by Gasteiger charge is 2.36. The van der Waals surface area contributed by atoms with Crippen molar-refractivity contribution in [3.63, 3.8) is 0 Å². The van der Waals surface area contributed by atoms with E-state index in [0.29, 0.717) is 17.2 Å². The van der Waals surface area contributed by atoms with Crippen LogP contribution in [-0.2, 0) is 4.79 Å².